The summed E-state index contributed by atoms with van der Waals surface area (Å²) in [6.07, 6.45) is -4.14. The monoisotopic (exact) mass is 272 g/mol. The summed E-state index contributed by atoms with van der Waals surface area (Å²) >= 11 is 11.4. The summed E-state index contributed by atoms with van der Waals surface area (Å²) in [5.41, 5.74) is 5.79. The molecule has 0 aromatic carbocycles. The zero-order valence-electron chi connectivity index (χ0n) is 8.06. The number of nitrogens with two attached hydrogens (primary N) is 1. The molecule has 0 aliphatic carbocycles. The molecule has 0 bridgehead atoms. The molecule has 0 amide bonds. The lowest BCUT2D eigenvalue weighted by Crippen LogP contribution is -2.17. The van der Waals surface area contributed by atoms with Crippen molar-refractivity contribution >= 4 is 23.2 Å². The van der Waals surface area contributed by atoms with E-state index < -0.39 is 18.6 Å². The van der Waals surface area contributed by atoms with Crippen molar-refractivity contribution in [2.24, 2.45) is 5.73 Å². The maximum atomic E-state index is 12.0. The van der Waals surface area contributed by atoms with E-state index in [0.717, 1.165) is 0 Å². The Hall–Kier alpha value is -0.520. The van der Waals surface area contributed by atoms with Crippen molar-refractivity contribution in [1.29, 1.82) is 0 Å². The summed E-state index contributed by atoms with van der Waals surface area (Å²) in [6, 6.07) is 0.560. The fourth-order valence-electron chi connectivity index (χ4n) is 1.15. The molecule has 1 rings (SSSR count). The van der Waals surface area contributed by atoms with Crippen LogP contribution >= 0.6 is 23.2 Å². The SMILES string of the molecule is NC(CCC(F)(F)F)c1ncc(Cl)cc1Cl. The molecule has 0 aliphatic rings. The molecule has 1 heterocycles. The highest BCUT2D eigenvalue weighted by atomic mass is 35.5. The van der Waals surface area contributed by atoms with Gasteiger partial charge in [0.05, 0.1) is 15.7 Å². The summed E-state index contributed by atoms with van der Waals surface area (Å²) in [5.74, 6) is 0. The number of hydrogen-bond donors (Lipinski definition) is 1. The number of rotatable bonds is 3. The largest absolute Gasteiger partial charge is 0.389 e. The molecule has 90 valence electrons. The fraction of sp³-hybridized carbons (Fsp3) is 0.444. The fourth-order valence-corrected chi connectivity index (χ4v) is 1.67. The Bertz CT molecular complexity index is 368. The predicted molar refractivity (Wildman–Crippen MR) is 56.5 cm³/mol. The smallest absolute Gasteiger partial charge is 0.323 e. The molecule has 16 heavy (non-hydrogen) atoms. The van der Waals surface area contributed by atoms with Gasteiger partial charge in [-0.25, -0.2) is 0 Å². The molecule has 1 aromatic heterocycles. The van der Waals surface area contributed by atoms with Crippen LogP contribution in [0.15, 0.2) is 12.3 Å². The predicted octanol–water partition coefficient (Wildman–Crippen LogP) is 3.73. The van der Waals surface area contributed by atoms with Crippen LogP contribution in [-0.4, -0.2) is 11.2 Å². The Balaban J connectivity index is 2.70. The van der Waals surface area contributed by atoms with E-state index in [0.29, 0.717) is 5.02 Å². The zero-order chi connectivity index (χ0) is 12.3. The van der Waals surface area contributed by atoms with Crippen molar-refractivity contribution in [2.45, 2.75) is 25.1 Å². The molecule has 0 spiro atoms. The Morgan fingerprint density at radius 2 is 2.00 bits per heavy atom. The minimum absolute atomic E-state index is 0.183. The number of pyridine rings is 1. The molecular weight excluding hydrogens is 264 g/mol. The van der Waals surface area contributed by atoms with Crippen molar-refractivity contribution in [3.05, 3.63) is 28.0 Å². The molecule has 2 N–H and O–H groups in total. The van der Waals surface area contributed by atoms with E-state index in [9.17, 15) is 13.2 Å². The van der Waals surface area contributed by atoms with Gasteiger partial charge in [0.15, 0.2) is 0 Å². The lowest BCUT2D eigenvalue weighted by Gasteiger charge is -2.13. The Morgan fingerprint density at radius 1 is 1.38 bits per heavy atom. The van der Waals surface area contributed by atoms with Crippen LogP contribution in [0.4, 0.5) is 13.2 Å². The first-order valence-corrected chi connectivity index (χ1v) is 5.18. The Kier molecular flexibility index (Phi) is 4.41. The molecule has 1 atom stereocenters. The second-order valence-electron chi connectivity index (χ2n) is 3.28. The standard InChI is InChI=1S/C9H9Cl2F3N2/c10-5-3-6(11)8(16-4-5)7(15)1-2-9(12,13)14/h3-4,7H,1-2,15H2. The second kappa shape index (κ2) is 5.21. The molecule has 2 nitrogen and oxygen atoms in total. The van der Waals surface area contributed by atoms with Gasteiger partial charge in [0.25, 0.3) is 0 Å². The van der Waals surface area contributed by atoms with Gasteiger partial charge in [-0.2, -0.15) is 13.2 Å². The van der Waals surface area contributed by atoms with Crippen LogP contribution in [0.25, 0.3) is 0 Å². The number of halogens is 5. The Labute approximate surface area is 101 Å². The van der Waals surface area contributed by atoms with Crippen molar-refractivity contribution in [1.82, 2.24) is 4.98 Å². The molecule has 0 radical (unpaired) electrons. The van der Waals surface area contributed by atoms with Gasteiger partial charge < -0.3 is 5.73 Å². The first-order chi connectivity index (χ1) is 7.29. The average molecular weight is 273 g/mol. The van der Waals surface area contributed by atoms with E-state index in [1.54, 1.807) is 0 Å². The highest BCUT2D eigenvalue weighted by Crippen LogP contribution is 2.29. The quantitative estimate of drug-likeness (QED) is 0.911. The van der Waals surface area contributed by atoms with E-state index in [1.165, 1.54) is 12.3 Å². The first-order valence-electron chi connectivity index (χ1n) is 4.43. The lowest BCUT2D eigenvalue weighted by molar-refractivity contribution is -0.136. The summed E-state index contributed by atoms with van der Waals surface area (Å²) < 4.78 is 35.9. The highest BCUT2D eigenvalue weighted by molar-refractivity contribution is 6.34. The van der Waals surface area contributed by atoms with Gasteiger partial charge >= 0.3 is 6.18 Å². The minimum Gasteiger partial charge on any atom is -0.323 e. The van der Waals surface area contributed by atoms with Crippen LogP contribution in [-0.2, 0) is 0 Å². The summed E-state index contributed by atoms with van der Waals surface area (Å²) in [5, 5.41) is 0.499. The Morgan fingerprint density at radius 3 is 2.50 bits per heavy atom. The van der Waals surface area contributed by atoms with Crippen molar-refractivity contribution < 1.29 is 13.2 Å². The van der Waals surface area contributed by atoms with Crippen LogP contribution in [0.5, 0.6) is 0 Å². The van der Waals surface area contributed by atoms with Gasteiger partial charge in [-0.3, -0.25) is 4.98 Å². The van der Waals surface area contributed by atoms with Gasteiger partial charge in [-0.1, -0.05) is 23.2 Å². The molecule has 7 heteroatoms. The number of hydrogen-bond acceptors (Lipinski definition) is 2. The van der Waals surface area contributed by atoms with Gasteiger partial charge in [0, 0.05) is 18.7 Å². The normalized spacial score (nSPS) is 13.9. The van der Waals surface area contributed by atoms with Crippen molar-refractivity contribution in [3.8, 4) is 0 Å². The third-order valence-corrected chi connectivity index (χ3v) is 2.44. The van der Waals surface area contributed by atoms with Gasteiger partial charge in [-0.05, 0) is 12.5 Å². The van der Waals surface area contributed by atoms with Crippen molar-refractivity contribution in [3.63, 3.8) is 0 Å². The minimum atomic E-state index is -4.23. The topological polar surface area (TPSA) is 38.9 Å². The van der Waals surface area contributed by atoms with E-state index in [1.807, 2.05) is 0 Å². The van der Waals surface area contributed by atoms with Crippen LogP contribution in [0, 0.1) is 0 Å². The third-order valence-electron chi connectivity index (χ3n) is 1.93. The maximum Gasteiger partial charge on any atom is 0.389 e. The second-order valence-corrected chi connectivity index (χ2v) is 4.12. The summed E-state index contributed by atoms with van der Waals surface area (Å²) in [6.45, 7) is 0. The third kappa shape index (κ3) is 4.15. The zero-order valence-corrected chi connectivity index (χ0v) is 9.57. The summed E-state index contributed by atoms with van der Waals surface area (Å²) in [7, 11) is 0. The van der Waals surface area contributed by atoms with Crippen LogP contribution in [0.1, 0.15) is 24.6 Å². The van der Waals surface area contributed by atoms with Gasteiger partial charge in [-0.15, -0.1) is 0 Å². The maximum absolute atomic E-state index is 12.0. The van der Waals surface area contributed by atoms with Crippen LogP contribution in [0.3, 0.4) is 0 Å². The summed E-state index contributed by atoms with van der Waals surface area (Å²) in [4.78, 5) is 3.82. The number of alkyl halides is 3. The molecule has 1 aromatic rings. The van der Waals surface area contributed by atoms with Gasteiger partial charge in [0.2, 0.25) is 0 Å². The molecule has 0 saturated carbocycles. The lowest BCUT2D eigenvalue weighted by atomic mass is 10.1. The van der Waals surface area contributed by atoms with E-state index in [4.69, 9.17) is 28.9 Å². The van der Waals surface area contributed by atoms with E-state index >= 15 is 0 Å². The van der Waals surface area contributed by atoms with Crippen LogP contribution in [0.2, 0.25) is 10.0 Å². The molecule has 0 aliphatic heterocycles. The highest BCUT2D eigenvalue weighted by Gasteiger charge is 2.28. The van der Waals surface area contributed by atoms with Crippen molar-refractivity contribution in [2.75, 3.05) is 0 Å². The van der Waals surface area contributed by atoms with Gasteiger partial charge in [0.1, 0.15) is 0 Å². The van der Waals surface area contributed by atoms with E-state index in [-0.39, 0.29) is 17.1 Å². The molecule has 0 saturated heterocycles. The molecular formula is C9H9Cl2F3N2. The molecule has 0 fully saturated rings. The number of nitrogens with zero attached hydrogens (tertiary/aromatic N) is 1. The number of aromatic nitrogens is 1. The molecule has 1 unspecified atom stereocenters. The van der Waals surface area contributed by atoms with E-state index in [2.05, 4.69) is 4.98 Å². The average Bonchev–Trinajstić information content (AvgIpc) is 2.13. The van der Waals surface area contributed by atoms with Crippen LogP contribution < -0.4 is 5.73 Å². The first kappa shape index (κ1) is 13.5.